The highest BCUT2D eigenvalue weighted by Gasteiger charge is 2.45. The minimum atomic E-state index is -0.472. The number of carbonyl (C=O) groups is 2. The number of hydrogen-bond acceptors (Lipinski definition) is 3. The number of nitrogens with one attached hydrogen (secondary N) is 1. The van der Waals surface area contributed by atoms with Gasteiger partial charge in [-0.2, -0.15) is 0 Å². The number of imide groups is 1. The second-order valence-corrected chi connectivity index (χ2v) is 6.57. The fraction of sp³-hybridized carbons (Fsp3) is 0.529. The molecular weight excluding hydrogens is 294 g/mol. The molecule has 0 aromatic heterocycles. The molecule has 1 atom stereocenters. The standard InChI is InChI=1S/C17H23N3O3/c1-12-3-5-14(6-4-12)20-13(2)16(22)19(17(20)23)11-18-9-7-15(21)8-10-18/h3-6,13,15,21H,7-11H2,1-2H3/p+1/t13-/m0/s1. The highest BCUT2D eigenvalue weighted by atomic mass is 16.3. The van der Waals surface area contributed by atoms with Gasteiger partial charge in [0.1, 0.15) is 6.04 Å². The van der Waals surface area contributed by atoms with E-state index in [0.717, 1.165) is 37.2 Å². The van der Waals surface area contributed by atoms with Crippen molar-refractivity contribution in [3.8, 4) is 0 Å². The predicted molar refractivity (Wildman–Crippen MR) is 86.2 cm³/mol. The van der Waals surface area contributed by atoms with Gasteiger partial charge in [-0.25, -0.2) is 9.69 Å². The van der Waals surface area contributed by atoms with Crippen LogP contribution in [0.3, 0.4) is 0 Å². The molecular formula is C17H24N3O3+. The van der Waals surface area contributed by atoms with Crippen LogP contribution < -0.4 is 9.80 Å². The van der Waals surface area contributed by atoms with Gasteiger partial charge in [0.15, 0.2) is 6.67 Å². The molecule has 2 saturated heterocycles. The van der Waals surface area contributed by atoms with Gasteiger partial charge in [0.2, 0.25) is 0 Å². The predicted octanol–water partition coefficient (Wildman–Crippen LogP) is 0.149. The average molecular weight is 318 g/mol. The van der Waals surface area contributed by atoms with Crippen LogP contribution in [0, 0.1) is 6.92 Å². The number of aliphatic hydroxyl groups excluding tert-OH is 1. The number of hydrogen-bond donors (Lipinski definition) is 2. The molecule has 3 rings (SSSR count). The van der Waals surface area contributed by atoms with Crippen molar-refractivity contribution in [1.82, 2.24) is 4.90 Å². The summed E-state index contributed by atoms with van der Waals surface area (Å²) in [6.07, 6.45) is 1.21. The Morgan fingerprint density at radius 3 is 2.39 bits per heavy atom. The molecule has 6 heteroatoms. The molecule has 0 unspecified atom stereocenters. The SMILES string of the molecule is Cc1ccc(N2C(=O)N(C[NH+]3CCC(O)CC3)C(=O)[C@@H]2C)cc1. The Hall–Kier alpha value is -1.92. The molecule has 6 nitrogen and oxygen atoms in total. The van der Waals surface area contributed by atoms with Crippen LogP contribution in [0.2, 0.25) is 0 Å². The van der Waals surface area contributed by atoms with Crippen molar-refractivity contribution in [2.45, 2.75) is 38.8 Å². The molecule has 0 saturated carbocycles. The van der Waals surface area contributed by atoms with Gasteiger partial charge < -0.3 is 10.0 Å². The van der Waals surface area contributed by atoms with E-state index in [0.29, 0.717) is 6.67 Å². The fourth-order valence-electron chi connectivity index (χ4n) is 3.30. The van der Waals surface area contributed by atoms with E-state index < -0.39 is 6.04 Å². The fourth-order valence-corrected chi connectivity index (χ4v) is 3.30. The number of likely N-dealkylation sites (tertiary alicyclic amines) is 1. The van der Waals surface area contributed by atoms with Gasteiger partial charge in [0.05, 0.1) is 19.2 Å². The van der Waals surface area contributed by atoms with Gasteiger partial charge in [-0.3, -0.25) is 9.69 Å². The molecule has 1 aromatic carbocycles. The number of quaternary nitrogens is 1. The first-order valence-electron chi connectivity index (χ1n) is 8.20. The molecule has 0 spiro atoms. The maximum atomic E-state index is 12.7. The quantitative estimate of drug-likeness (QED) is 0.780. The van der Waals surface area contributed by atoms with E-state index >= 15 is 0 Å². The number of benzene rings is 1. The van der Waals surface area contributed by atoms with Crippen molar-refractivity contribution in [3.63, 3.8) is 0 Å². The molecule has 124 valence electrons. The lowest BCUT2D eigenvalue weighted by Gasteiger charge is -2.29. The zero-order chi connectivity index (χ0) is 16.6. The molecule has 0 aliphatic carbocycles. The van der Waals surface area contributed by atoms with E-state index in [9.17, 15) is 14.7 Å². The molecule has 2 heterocycles. The number of carbonyl (C=O) groups excluding carboxylic acids is 2. The average Bonchev–Trinajstić information content (AvgIpc) is 2.74. The first-order valence-corrected chi connectivity index (χ1v) is 8.20. The van der Waals surface area contributed by atoms with Crippen LogP contribution in [-0.2, 0) is 4.79 Å². The summed E-state index contributed by atoms with van der Waals surface area (Å²) in [7, 11) is 0. The third kappa shape index (κ3) is 3.09. The Morgan fingerprint density at radius 1 is 1.17 bits per heavy atom. The summed E-state index contributed by atoms with van der Waals surface area (Å²) in [5, 5.41) is 9.58. The first-order chi connectivity index (χ1) is 11.0. The summed E-state index contributed by atoms with van der Waals surface area (Å²) >= 11 is 0. The Labute approximate surface area is 136 Å². The smallest absolute Gasteiger partial charge is 0.336 e. The van der Waals surface area contributed by atoms with Gasteiger partial charge in [-0.1, -0.05) is 17.7 Å². The Balaban J connectivity index is 1.74. The minimum Gasteiger partial charge on any atom is -0.393 e. The number of nitrogens with zero attached hydrogens (tertiary/aromatic N) is 2. The number of aliphatic hydroxyl groups is 1. The van der Waals surface area contributed by atoms with Gasteiger partial charge in [0, 0.05) is 18.5 Å². The largest absolute Gasteiger partial charge is 0.393 e. The molecule has 2 aliphatic heterocycles. The van der Waals surface area contributed by atoms with Crippen molar-refractivity contribution < 1.29 is 19.6 Å². The first kappa shape index (κ1) is 16.0. The summed E-state index contributed by atoms with van der Waals surface area (Å²) in [4.78, 5) is 29.3. The van der Waals surface area contributed by atoms with Crippen molar-refractivity contribution >= 4 is 17.6 Å². The Bertz CT molecular complexity index is 594. The number of urea groups is 1. The number of aryl methyl sites for hydroxylation is 1. The summed E-state index contributed by atoms with van der Waals surface area (Å²) in [6.45, 7) is 5.73. The van der Waals surface area contributed by atoms with Gasteiger partial charge in [-0.15, -0.1) is 0 Å². The maximum absolute atomic E-state index is 12.7. The second-order valence-electron chi connectivity index (χ2n) is 6.57. The van der Waals surface area contributed by atoms with Crippen molar-refractivity contribution in [3.05, 3.63) is 29.8 Å². The van der Waals surface area contributed by atoms with E-state index in [1.54, 1.807) is 11.8 Å². The Morgan fingerprint density at radius 2 is 1.78 bits per heavy atom. The normalized spacial score (nSPS) is 28.6. The lowest BCUT2D eigenvalue weighted by Crippen LogP contribution is -3.14. The highest BCUT2D eigenvalue weighted by Crippen LogP contribution is 2.25. The van der Waals surface area contributed by atoms with Gasteiger partial charge >= 0.3 is 6.03 Å². The zero-order valence-corrected chi connectivity index (χ0v) is 13.7. The van der Waals surface area contributed by atoms with Crippen LogP contribution in [0.4, 0.5) is 10.5 Å². The molecule has 23 heavy (non-hydrogen) atoms. The van der Waals surface area contributed by atoms with Crippen LogP contribution >= 0.6 is 0 Å². The van der Waals surface area contributed by atoms with Crippen molar-refractivity contribution in [2.24, 2.45) is 0 Å². The van der Waals surface area contributed by atoms with Crippen molar-refractivity contribution in [2.75, 3.05) is 24.7 Å². The number of rotatable bonds is 3. The van der Waals surface area contributed by atoms with Crippen molar-refractivity contribution in [1.29, 1.82) is 0 Å². The summed E-state index contributed by atoms with van der Waals surface area (Å²) < 4.78 is 0. The van der Waals surface area contributed by atoms with E-state index in [-0.39, 0.29) is 18.0 Å². The summed E-state index contributed by atoms with van der Waals surface area (Å²) in [5.41, 5.74) is 1.88. The van der Waals surface area contributed by atoms with Crippen LogP contribution in [0.1, 0.15) is 25.3 Å². The minimum absolute atomic E-state index is 0.144. The monoisotopic (exact) mass is 318 g/mol. The lowest BCUT2D eigenvalue weighted by molar-refractivity contribution is -0.913. The summed E-state index contributed by atoms with van der Waals surface area (Å²) in [6, 6.07) is 6.93. The van der Waals surface area contributed by atoms with Crippen LogP contribution in [-0.4, -0.2) is 53.8 Å². The van der Waals surface area contributed by atoms with E-state index in [1.165, 1.54) is 9.80 Å². The van der Waals surface area contributed by atoms with E-state index in [2.05, 4.69) is 0 Å². The summed E-state index contributed by atoms with van der Waals surface area (Å²) in [5.74, 6) is -0.144. The van der Waals surface area contributed by atoms with E-state index in [1.807, 2.05) is 31.2 Å². The molecule has 2 N–H and O–H groups in total. The van der Waals surface area contributed by atoms with E-state index in [4.69, 9.17) is 0 Å². The molecule has 0 radical (unpaired) electrons. The van der Waals surface area contributed by atoms with Gasteiger partial charge in [0.25, 0.3) is 5.91 Å². The molecule has 0 bridgehead atoms. The lowest BCUT2D eigenvalue weighted by atomic mass is 10.1. The zero-order valence-electron chi connectivity index (χ0n) is 13.7. The third-order valence-corrected chi connectivity index (χ3v) is 4.80. The van der Waals surface area contributed by atoms with Crippen LogP contribution in [0.5, 0.6) is 0 Å². The van der Waals surface area contributed by atoms with Crippen LogP contribution in [0.25, 0.3) is 0 Å². The maximum Gasteiger partial charge on any atom is 0.336 e. The van der Waals surface area contributed by atoms with Crippen LogP contribution in [0.15, 0.2) is 24.3 Å². The number of anilines is 1. The highest BCUT2D eigenvalue weighted by molar-refractivity contribution is 6.13. The Kier molecular flexibility index (Phi) is 4.37. The second kappa shape index (κ2) is 6.29. The number of amides is 3. The molecule has 3 amide bonds. The third-order valence-electron chi connectivity index (χ3n) is 4.80. The molecule has 1 aromatic rings. The van der Waals surface area contributed by atoms with Gasteiger partial charge in [-0.05, 0) is 26.0 Å². The topological polar surface area (TPSA) is 65.3 Å². The number of piperidine rings is 1. The molecule has 2 fully saturated rings. The molecule has 2 aliphatic rings.